The number of halogens is 1. The third-order valence-electron chi connectivity index (χ3n) is 3.88. The monoisotopic (exact) mass is 382 g/mol. The second-order valence-corrected chi connectivity index (χ2v) is 5.95. The summed E-state index contributed by atoms with van der Waals surface area (Å²) in [6.07, 6.45) is 5.08. The lowest BCUT2D eigenvalue weighted by Crippen LogP contribution is -1.94. The van der Waals surface area contributed by atoms with E-state index in [1.165, 1.54) is 0 Å². The topological polar surface area (TPSA) is 86.5 Å². The standard InChI is InChI=1S/C18H15ClN6O2/c1-26-14-5-4-12(9-13(14)19)22-18-23-17-16(20-7-8-25(17)24-18)11-3-6-15(27-2)21-10-11/h3-10H,1-2H3,(H,22,24). The summed E-state index contributed by atoms with van der Waals surface area (Å²) < 4.78 is 11.9. The van der Waals surface area contributed by atoms with Crippen molar-refractivity contribution in [2.45, 2.75) is 0 Å². The maximum absolute atomic E-state index is 6.17. The summed E-state index contributed by atoms with van der Waals surface area (Å²) in [7, 11) is 3.14. The van der Waals surface area contributed by atoms with Crippen molar-refractivity contribution in [2.75, 3.05) is 19.5 Å². The van der Waals surface area contributed by atoms with Crippen LogP contribution in [0.15, 0.2) is 48.9 Å². The largest absolute Gasteiger partial charge is 0.495 e. The molecular formula is C18H15ClN6O2. The molecule has 9 heteroatoms. The normalized spacial score (nSPS) is 10.8. The Balaban J connectivity index is 1.69. The van der Waals surface area contributed by atoms with Gasteiger partial charge in [-0.1, -0.05) is 11.6 Å². The Bertz CT molecular complexity index is 1100. The van der Waals surface area contributed by atoms with Gasteiger partial charge in [0.15, 0.2) is 5.65 Å². The third-order valence-corrected chi connectivity index (χ3v) is 4.18. The highest BCUT2D eigenvalue weighted by Crippen LogP contribution is 2.29. The van der Waals surface area contributed by atoms with Gasteiger partial charge >= 0.3 is 0 Å². The minimum atomic E-state index is 0.423. The first kappa shape index (κ1) is 17.0. The van der Waals surface area contributed by atoms with Gasteiger partial charge < -0.3 is 14.8 Å². The lowest BCUT2D eigenvalue weighted by Gasteiger charge is -2.05. The number of fused-ring (bicyclic) bond motifs is 1. The van der Waals surface area contributed by atoms with Gasteiger partial charge in [0.2, 0.25) is 11.8 Å². The molecular weight excluding hydrogens is 368 g/mol. The molecule has 0 aliphatic heterocycles. The van der Waals surface area contributed by atoms with Gasteiger partial charge in [-0.25, -0.2) is 9.50 Å². The number of pyridine rings is 1. The number of rotatable bonds is 5. The Kier molecular flexibility index (Phi) is 4.47. The van der Waals surface area contributed by atoms with Gasteiger partial charge in [0.05, 0.1) is 19.2 Å². The fourth-order valence-electron chi connectivity index (χ4n) is 2.59. The molecule has 27 heavy (non-hydrogen) atoms. The van der Waals surface area contributed by atoms with Crippen LogP contribution in [-0.4, -0.2) is 38.8 Å². The molecule has 0 amide bonds. The first-order valence-electron chi connectivity index (χ1n) is 8.00. The molecule has 0 aliphatic carbocycles. The predicted octanol–water partition coefficient (Wildman–Crippen LogP) is 3.60. The number of aromatic nitrogens is 5. The van der Waals surface area contributed by atoms with Crippen molar-refractivity contribution in [3.05, 3.63) is 53.9 Å². The van der Waals surface area contributed by atoms with Crippen LogP contribution < -0.4 is 14.8 Å². The van der Waals surface area contributed by atoms with Crippen molar-refractivity contribution in [3.63, 3.8) is 0 Å². The number of benzene rings is 1. The zero-order valence-corrected chi connectivity index (χ0v) is 15.3. The van der Waals surface area contributed by atoms with Crippen molar-refractivity contribution >= 4 is 28.9 Å². The van der Waals surface area contributed by atoms with E-state index in [1.807, 2.05) is 12.1 Å². The van der Waals surface area contributed by atoms with Crippen LogP contribution in [0.25, 0.3) is 16.9 Å². The highest BCUT2D eigenvalue weighted by atomic mass is 35.5. The first-order valence-corrected chi connectivity index (χ1v) is 8.38. The zero-order chi connectivity index (χ0) is 18.8. The minimum Gasteiger partial charge on any atom is -0.495 e. The quantitative estimate of drug-likeness (QED) is 0.564. The molecule has 0 fully saturated rings. The van der Waals surface area contributed by atoms with E-state index in [9.17, 15) is 0 Å². The van der Waals surface area contributed by atoms with Crippen LogP contribution in [0, 0.1) is 0 Å². The maximum Gasteiger partial charge on any atom is 0.247 e. The van der Waals surface area contributed by atoms with Gasteiger partial charge in [0.25, 0.3) is 0 Å². The highest BCUT2D eigenvalue weighted by molar-refractivity contribution is 6.32. The molecule has 8 nitrogen and oxygen atoms in total. The van der Waals surface area contributed by atoms with Crippen LogP contribution in [-0.2, 0) is 0 Å². The van der Waals surface area contributed by atoms with Crippen molar-refractivity contribution in [1.82, 2.24) is 24.6 Å². The van der Waals surface area contributed by atoms with Crippen LogP contribution in [0.5, 0.6) is 11.6 Å². The van der Waals surface area contributed by atoms with Crippen molar-refractivity contribution in [2.24, 2.45) is 0 Å². The first-order chi connectivity index (χ1) is 13.2. The molecule has 0 spiro atoms. The second-order valence-electron chi connectivity index (χ2n) is 5.54. The summed E-state index contributed by atoms with van der Waals surface area (Å²) in [5.41, 5.74) is 2.83. The van der Waals surface area contributed by atoms with E-state index in [0.29, 0.717) is 33.9 Å². The molecule has 4 rings (SSSR count). The summed E-state index contributed by atoms with van der Waals surface area (Å²) in [6, 6.07) is 9.01. The molecule has 3 heterocycles. The lowest BCUT2D eigenvalue weighted by molar-refractivity contribution is 0.398. The zero-order valence-electron chi connectivity index (χ0n) is 14.5. The van der Waals surface area contributed by atoms with Gasteiger partial charge in [-0.15, -0.1) is 5.10 Å². The fourth-order valence-corrected chi connectivity index (χ4v) is 2.85. The van der Waals surface area contributed by atoms with Crippen LogP contribution in [0.1, 0.15) is 0 Å². The van der Waals surface area contributed by atoms with Crippen molar-refractivity contribution < 1.29 is 9.47 Å². The average Bonchev–Trinajstić information content (AvgIpc) is 3.10. The van der Waals surface area contributed by atoms with E-state index in [4.69, 9.17) is 21.1 Å². The number of ether oxygens (including phenoxy) is 2. The highest BCUT2D eigenvalue weighted by Gasteiger charge is 2.12. The molecule has 4 aromatic rings. The molecule has 1 N–H and O–H groups in total. The van der Waals surface area contributed by atoms with Gasteiger partial charge in [-0.05, 0) is 24.3 Å². The Morgan fingerprint density at radius 1 is 1.07 bits per heavy atom. The van der Waals surface area contributed by atoms with Crippen molar-refractivity contribution in [1.29, 1.82) is 0 Å². The van der Waals surface area contributed by atoms with E-state index in [2.05, 4.69) is 25.4 Å². The number of nitrogens with zero attached hydrogens (tertiary/aromatic N) is 5. The molecule has 0 unspecified atom stereocenters. The molecule has 0 atom stereocenters. The van der Waals surface area contributed by atoms with Crippen LogP contribution in [0.3, 0.4) is 0 Å². The summed E-state index contributed by atoms with van der Waals surface area (Å²) in [4.78, 5) is 13.2. The number of nitrogens with one attached hydrogen (secondary N) is 1. The Labute approximate surface area is 159 Å². The van der Waals surface area contributed by atoms with E-state index in [-0.39, 0.29) is 0 Å². The van der Waals surface area contributed by atoms with Crippen LogP contribution in [0.4, 0.5) is 11.6 Å². The second kappa shape index (κ2) is 7.08. The summed E-state index contributed by atoms with van der Waals surface area (Å²) in [6.45, 7) is 0. The van der Waals surface area contributed by atoms with Gasteiger partial charge in [-0.3, -0.25) is 4.98 Å². The lowest BCUT2D eigenvalue weighted by atomic mass is 10.2. The maximum atomic E-state index is 6.17. The average molecular weight is 383 g/mol. The summed E-state index contributed by atoms with van der Waals surface area (Å²) >= 11 is 6.17. The molecule has 0 bridgehead atoms. The molecule has 0 radical (unpaired) electrons. The van der Waals surface area contributed by atoms with E-state index < -0.39 is 0 Å². The molecule has 0 saturated heterocycles. The number of methoxy groups -OCH3 is 2. The number of hydrogen-bond acceptors (Lipinski definition) is 7. The Morgan fingerprint density at radius 2 is 1.96 bits per heavy atom. The number of anilines is 2. The Hall–Kier alpha value is -3.39. The van der Waals surface area contributed by atoms with Crippen LogP contribution in [0.2, 0.25) is 5.02 Å². The fraction of sp³-hybridized carbons (Fsp3) is 0.111. The smallest absolute Gasteiger partial charge is 0.247 e. The van der Waals surface area contributed by atoms with Crippen molar-refractivity contribution in [3.8, 4) is 22.9 Å². The number of hydrogen-bond donors (Lipinski definition) is 1. The molecule has 0 saturated carbocycles. The third kappa shape index (κ3) is 3.34. The minimum absolute atomic E-state index is 0.423. The summed E-state index contributed by atoms with van der Waals surface area (Å²) in [5, 5.41) is 8.07. The van der Waals surface area contributed by atoms with Gasteiger partial charge in [-0.2, -0.15) is 4.98 Å². The van der Waals surface area contributed by atoms with E-state index in [0.717, 1.165) is 11.3 Å². The van der Waals surface area contributed by atoms with E-state index in [1.54, 1.807) is 55.5 Å². The van der Waals surface area contributed by atoms with E-state index >= 15 is 0 Å². The van der Waals surface area contributed by atoms with Gasteiger partial charge in [0, 0.05) is 35.9 Å². The Morgan fingerprint density at radius 3 is 2.67 bits per heavy atom. The van der Waals surface area contributed by atoms with Gasteiger partial charge in [0.1, 0.15) is 11.4 Å². The summed E-state index contributed by atoms with van der Waals surface area (Å²) in [5.74, 6) is 1.56. The van der Waals surface area contributed by atoms with Crippen LogP contribution >= 0.6 is 11.6 Å². The molecule has 3 aromatic heterocycles. The molecule has 0 aliphatic rings. The SMILES string of the molecule is COc1ccc(-c2nccn3nc(Nc4ccc(OC)c(Cl)c4)nc23)cn1. The predicted molar refractivity (Wildman–Crippen MR) is 102 cm³/mol. The molecule has 1 aromatic carbocycles. The molecule has 136 valence electrons.